The second kappa shape index (κ2) is 7.61. The predicted molar refractivity (Wildman–Crippen MR) is 99.5 cm³/mol. The number of aromatic nitrogens is 1. The van der Waals surface area contributed by atoms with Gasteiger partial charge >= 0.3 is 0 Å². The highest BCUT2D eigenvalue weighted by Gasteiger charge is 2.32. The summed E-state index contributed by atoms with van der Waals surface area (Å²) in [6.45, 7) is 2.16. The molecule has 0 radical (unpaired) electrons. The van der Waals surface area contributed by atoms with E-state index in [0.717, 1.165) is 38.8 Å². The molecule has 0 unspecified atom stereocenters. The largest absolute Gasteiger partial charge is 0.381 e. The molecule has 2 aliphatic rings. The fourth-order valence-corrected chi connectivity index (χ4v) is 4.41. The van der Waals surface area contributed by atoms with Crippen LogP contribution < -0.4 is 0 Å². The summed E-state index contributed by atoms with van der Waals surface area (Å²) in [6, 6.07) is 8.84. The van der Waals surface area contributed by atoms with Crippen LogP contribution in [0.2, 0.25) is 0 Å². The number of carbonyl (C=O) groups excluding carboxylic acids is 1. The summed E-state index contributed by atoms with van der Waals surface area (Å²) in [5.74, 6) is 0.397. The molecule has 2 fully saturated rings. The molecule has 4 heteroatoms. The van der Waals surface area contributed by atoms with E-state index in [-0.39, 0.29) is 5.92 Å². The summed E-state index contributed by atoms with van der Waals surface area (Å²) in [5.41, 5.74) is 2.49. The number of hydrogen-bond donors (Lipinski definition) is 1. The molecule has 4 rings (SSSR count). The minimum absolute atomic E-state index is 0.0740. The lowest BCUT2D eigenvalue weighted by atomic mass is 9.92. The van der Waals surface area contributed by atoms with Crippen molar-refractivity contribution in [3.63, 3.8) is 0 Å². The Morgan fingerprint density at radius 1 is 1.16 bits per heavy atom. The van der Waals surface area contributed by atoms with Crippen LogP contribution in [0.15, 0.2) is 30.5 Å². The summed E-state index contributed by atoms with van der Waals surface area (Å²) >= 11 is 0. The molecule has 2 aromatic rings. The first-order valence-corrected chi connectivity index (χ1v) is 9.76. The lowest BCUT2D eigenvalue weighted by molar-refractivity contribution is -0.138. The number of hydrogen-bond acceptors (Lipinski definition) is 2. The molecule has 1 aliphatic carbocycles. The smallest absolute Gasteiger partial charge is 0.228 e. The molecule has 0 spiro atoms. The highest BCUT2D eigenvalue weighted by molar-refractivity contribution is 5.83. The van der Waals surface area contributed by atoms with Crippen molar-refractivity contribution in [2.45, 2.75) is 51.0 Å². The van der Waals surface area contributed by atoms with E-state index in [2.05, 4.69) is 40.3 Å². The fourth-order valence-electron chi connectivity index (χ4n) is 4.41. The summed E-state index contributed by atoms with van der Waals surface area (Å²) in [6.07, 6.45) is 10.0. The Bertz CT molecular complexity index is 712. The van der Waals surface area contributed by atoms with Gasteiger partial charge in [-0.15, -0.1) is 0 Å². The van der Waals surface area contributed by atoms with Gasteiger partial charge < -0.3 is 14.6 Å². The van der Waals surface area contributed by atoms with E-state index >= 15 is 0 Å². The van der Waals surface area contributed by atoms with E-state index in [0.29, 0.717) is 18.6 Å². The molecule has 1 saturated carbocycles. The lowest BCUT2D eigenvalue weighted by Crippen LogP contribution is -2.45. The van der Waals surface area contributed by atoms with Crippen molar-refractivity contribution in [3.05, 3.63) is 36.0 Å². The molecule has 1 N–H and O–H groups in total. The SMILES string of the molecule is O=C([C@H]1CCOC1)N(CCc1c[nH]c2ccccc12)C1CCCCC1. The number of nitrogens with zero attached hydrogens (tertiary/aromatic N) is 1. The van der Waals surface area contributed by atoms with E-state index < -0.39 is 0 Å². The van der Waals surface area contributed by atoms with Crippen molar-refractivity contribution >= 4 is 16.8 Å². The van der Waals surface area contributed by atoms with Crippen LogP contribution in [0.3, 0.4) is 0 Å². The Morgan fingerprint density at radius 3 is 2.80 bits per heavy atom. The first-order valence-electron chi connectivity index (χ1n) is 9.76. The van der Waals surface area contributed by atoms with Gasteiger partial charge in [0.2, 0.25) is 5.91 Å². The summed E-state index contributed by atoms with van der Waals surface area (Å²) in [4.78, 5) is 18.7. The third kappa shape index (κ3) is 3.59. The highest BCUT2D eigenvalue weighted by atomic mass is 16.5. The number of ether oxygens (including phenoxy) is 1. The molecule has 2 heterocycles. The van der Waals surface area contributed by atoms with Gasteiger partial charge in [0.05, 0.1) is 12.5 Å². The molecule has 1 saturated heterocycles. The van der Waals surface area contributed by atoms with Crippen LogP contribution in [0.4, 0.5) is 0 Å². The van der Waals surface area contributed by atoms with Crippen LogP contribution in [0.1, 0.15) is 44.1 Å². The predicted octanol–water partition coefficient (Wildman–Crippen LogP) is 3.91. The van der Waals surface area contributed by atoms with Gasteiger partial charge in [-0.2, -0.15) is 0 Å². The van der Waals surface area contributed by atoms with Crippen LogP contribution >= 0.6 is 0 Å². The number of H-pyrrole nitrogens is 1. The average molecular weight is 340 g/mol. The minimum atomic E-state index is 0.0740. The Morgan fingerprint density at radius 2 is 2.00 bits per heavy atom. The van der Waals surface area contributed by atoms with Gasteiger partial charge in [0.15, 0.2) is 0 Å². The average Bonchev–Trinajstić information content (AvgIpc) is 3.33. The Hall–Kier alpha value is -1.81. The molecule has 1 atom stereocenters. The Kier molecular flexibility index (Phi) is 5.07. The van der Waals surface area contributed by atoms with Crippen molar-refractivity contribution in [1.29, 1.82) is 0 Å². The maximum absolute atomic E-state index is 13.1. The van der Waals surface area contributed by atoms with Gasteiger partial charge in [0.25, 0.3) is 0 Å². The van der Waals surface area contributed by atoms with Crippen molar-refractivity contribution in [1.82, 2.24) is 9.88 Å². The number of para-hydroxylation sites is 1. The third-order valence-corrected chi connectivity index (χ3v) is 5.87. The molecule has 1 amide bonds. The third-order valence-electron chi connectivity index (χ3n) is 5.87. The molecule has 1 aromatic heterocycles. The van der Waals surface area contributed by atoms with Crippen LogP contribution in [-0.2, 0) is 16.0 Å². The number of fused-ring (bicyclic) bond motifs is 1. The number of benzene rings is 1. The normalized spacial score (nSPS) is 21.7. The van der Waals surface area contributed by atoms with Gasteiger partial charge in [0, 0.05) is 36.3 Å². The maximum Gasteiger partial charge on any atom is 0.228 e. The van der Waals surface area contributed by atoms with E-state index in [1.807, 2.05) is 0 Å². The summed E-state index contributed by atoms with van der Waals surface area (Å²) < 4.78 is 5.47. The van der Waals surface area contributed by atoms with Crippen molar-refractivity contribution < 1.29 is 9.53 Å². The molecule has 1 aromatic carbocycles. The van der Waals surface area contributed by atoms with Crippen molar-refractivity contribution in [2.24, 2.45) is 5.92 Å². The van der Waals surface area contributed by atoms with Crippen LogP contribution in [0, 0.1) is 5.92 Å². The van der Waals surface area contributed by atoms with Crippen LogP contribution in [0.5, 0.6) is 0 Å². The highest BCUT2D eigenvalue weighted by Crippen LogP contribution is 2.27. The second-order valence-corrected chi connectivity index (χ2v) is 7.49. The van der Waals surface area contributed by atoms with E-state index in [9.17, 15) is 4.79 Å². The monoisotopic (exact) mass is 340 g/mol. The van der Waals surface area contributed by atoms with Crippen LogP contribution in [0.25, 0.3) is 10.9 Å². The van der Waals surface area contributed by atoms with Gasteiger partial charge in [-0.05, 0) is 37.3 Å². The molecule has 4 nitrogen and oxygen atoms in total. The lowest BCUT2D eigenvalue weighted by Gasteiger charge is -2.36. The number of nitrogens with one attached hydrogen (secondary N) is 1. The van der Waals surface area contributed by atoms with Crippen molar-refractivity contribution in [2.75, 3.05) is 19.8 Å². The Labute approximate surface area is 149 Å². The molecule has 134 valence electrons. The molecular formula is C21H28N2O2. The molecule has 1 aliphatic heterocycles. The van der Waals surface area contributed by atoms with E-state index in [1.165, 1.54) is 35.7 Å². The Balaban J connectivity index is 1.50. The molecule has 0 bridgehead atoms. The van der Waals surface area contributed by atoms with Gasteiger partial charge in [-0.1, -0.05) is 37.5 Å². The summed E-state index contributed by atoms with van der Waals surface area (Å²) in [7, 11) is 0. The topological polar surface area (TPSA) is 45.3 Å². The van der Waals surface area contributed by atoms with Crippen molar-refractivity contribution in [3.8, 4) is 0 Å². The van der Waals surface area contributed by atoms with Crippen LogP contribution in [-0.4, -0.2) is 41.6 Å². The number of aromatic amines is 1. The minimum Gasteiger partial charge on any atom is -0.381 e. The zero-order valence-corrected chi connectivity index (χ0v) is 14.9. The van der Waals surface area contributed by atoms with E-state index in [4.69, 9.17) is 4.74 Å². The zero-order valence-electron chi connectivity index (χ0n) is 14.9. The fraction of sp³-hybridized carbons (Fsp3) is 0.571. The van der Waals surface area contributed by atoms with Gasteiger partial charge in [-0.3, -0.25) is 4.79 Å². The number of amides is 1. The van der Waals surface area contributed by atoms with Gasteiger partial charge in [0.1, 0.15) is 0 Å². The number of rotatable bonds is 5. The quantitative estimate of drug-likeness (QED) is 0.897. The number of carbonyl (C=O) groups is 1. The van der Waals surface area contributed by atoms with Gasteiger partial charge in [-0.25, -0.2) is 0 Å². The zero-order chi connectivity index (χ0) is 17.1. The first kappa shape index (κ1) is 16.6. The molecule has 25 heavy (non-hydrogen) atoms. The maximum atomic E-state index is 13.1. The standard InChI is InChI=1S/C21H28N2O2/c24-21(17-11-13-25-15-17)23(18-6-2-1-3-7-18)12-10-16-14-22-20-9-5-4-8-19(16)20/h4-5,8-9,14,17-18,22H,1-3,6-7,10-13,15H2/t17-/m0/s1. The molecular weight excluding hydrogens is 312 g/mol. The summed E-state index contributed by atoms with van der Waals surface area (Å²) in [5, 5.41) is 1.28. The second-order valence-electron chi connectivity index (χ2n) is 7.49. The van der Waals surface area contributed by atoms with E-state index in [1.54, 1.807) is 0 Å². The first-order chi connectivity index (χ1) is 12.3.